The first-order chi connectivity index (χ1) is 9.43. The molecule has 0 heterocycles. The minimum atomic E-state index is -0.0230. The number of carbonyl (C=O) groups excluding carboxylic acids is 1. The third-order valence-electron chi connectivity index (χ3n) is 3.27. The van der Waals surface area contributed by atoms with E-state index in [0.717, 1.165) is 12.2 Å². The lowest BCUT2D eigenvalue weighted by molar-refractivity contribution is 0.0950. The van der Waals surface area contributed by atoms with Gasteiger partial charge in [0.25, 0.3) is 5.91 Å². The molecule has 0 bridgehead atoms. The van der Waals surface area contributed by atoms with Crippen LogP contribution in [-0.4, -0.2) is 39.1 Å². The van der Waals surface area contributed by atoms with Crippen molar-refractivity contribution in [2.45, 2.75) is 26.8 Å². The van der Waals surface area contributed by atoms with Crippen molar-refractivity contribution in [3.63, 3.8) is 0 Å². The SMILES string of the molecule is CNC(C)CNC(=O)c1ccc(N(C)CC(C)C)cc1. The van der Waals surface area contributed by atoms with Crippen molar-refractivity contribution in [2.24, 2.45) is 5.92 Å². The molecular formula is C16H27N3O. The first kappa shape index (κ1) is 16.5. The Kier molecular flexibility index (Phi) is 6.52. The Hall–Kier alpha value is -1.55. The summed E-state index contributed by atoms with van der Waals surface area (Å²) in [5.74, 6) is 0.594. The van der Waals surface area contributed by atoms with Crippen LogP contribution in [0.3, 0.4) is 0 Å². The molecule has 20 heavy (non-hydrogen) atoms. The van der Waals surface area contributed by atoms with E-state index in [1.807, 2.05) is 38.2 Å². The minimum Gasteiger partial charge on any atom is -0.374 e. The molecule has 0 radical (unpaired) electrons. The van der Waals surface area contributed by atoms with Gasteiger partial charge < -0.3 is 15.5 Å². The van der Waals surface area contributed by atoms with Crippen molar-refractivity contribution in [2.75, 3.05) is 32.1 Å². The summed E-state index contributed by atoms with van der Waals surface area (Å²) in [7, 11) is 3.96. The summed E-state index contributed by atoms with van der Waals surface area (Å²) in [4.78, 5) is 14.2. The van der Waals surface area contributed by atoms with Crippen LogP contribution in [0.5, 0.6) is 0 Å². The smallest absolute Gasteiger partial charge is 0.251 e. The Morgan fingerprint density at radius 2 is 1.80 bits per heavy atom. The lowest BCUT2D eigenvalue weighted by Crippen LogP contribution is -2.37. The summed E-state index contributed by atoms with van der Waals surface area (Å²) in [5.41, 5.74) is 1.84. The maximum atomic E-state index is 12.0. The summed E-state index contributed by atoms with van der Waals surface area (Å²) >= 11 is 0. The number of likely N-dealkylation sites (N-methyl/N-ethyl adjacent to an activating group) is 1. The molecule has 112 valence electrons. The normalized spacial score (nSPS) is 12.3. The van der Waals surface area contributed by atoms with Crippen LogP contribution < -0.4 is 15.5 Å². The molecule has 1 atom stereocenters. The highest BCUT2D eigenvalue weighted by atomic mass is 16.1. The summed E-state index contributed by atoms with van der Waals surface area (Å²) in [6.07, 6.45) is 0. The molecule has 0 spiro atoms. The van der Waals surface area contributed by atoms with Gasteiger partial charge in [0.15, 0.2) is 0 Å². The molecule has 4 nitrogen and oxygen atoms in total. The topological polar surface area (TPSA) is 44.4 Å². The lowest BCUT2D eigenvalue weighted by Gasteiger charge is -2.21. The highest BCUT2D eigenvalue weighted by Gasteiger charge is 2.08. The Balaban J connectivity index is 2.59. The highest BCUT2D eigenvalue weighted by molar-refractivity contribution is 5.94. The average Bonchev–Trinajstić information content (AvgIpc) is 2.43. The number of nitrogens with one attached hydrogen (secondary N) is 2. The van der Waals surface area contributed by atoms with Gasteiger partial charge >= 0.3 is 0 Å². The fraction of sp³-hybridized carbons (Fsp3) is 0.562. The molecule has 0 saturated carbocycles. The van der Waals surface area contributed by atoms with E-state index in [1.54, 1.807) is 0 Å². The molecule has 1 amide bonds. The number of rotatable bonds is 7. The molecule has 0 aliphatic rings. The van der Waals surface area contributed by atoms with Crippen molar-refractivity contribution in [1.82, 2.24) is 10.6 Å². The zero-order chi connectivity index (χ0) is 15.1. The van der Waals surface area contributed by atoms with Gasteiger partial charge in [0.1, 0.15) is 0 Å². The van der Waals surface area contributed by atoms with Gasteiger partial charge in [-0.1, -0.05) is 13.8 Å². The van der Waals surface area contributed by atoms with Crippen LogP contribution in [-0.2, 0) is 0 Å². The number of hydrogen-bond acceptors (Lipinski definition) is 3. The second-order valence-electron chi connectivity index (χ2n) is 5.72. The Morgan fingerprint density at radius 3 is 2.30 bits per heavy atom. The average molecular weight is 277 g/mol. The summed E-state index contributed by atoms with van der Waals surface area (Å²) in [6, 6.07) is 8.03. The van der Waals surface area contributed by atoms with Gasteiger partial charge in [-0.15, -0.1) is 0 Å². The number of carbonyl (C=O) groups is 1. The van der Waals surface area contributed by atoms with Gasteiger partial charge in [0, 0.05) is 37.4 Å². The van der Waals surface area contributed by atoms with E-state index in [0.29, 0.717) is 18.0 Å². The maximum absolute atomic E-state index is 12.0. The number of benzene rings is 1. The van der Waals surface area contributed by atoms with Crippen LogP contribution in [0, 0.1) is 5.92 Å². The molecule has 2 N–H and O–H groups in total. The zero-order valence-corrected chi connectivity index (χ0v) is 13.2. The molecule has 0 aliphatic carbocycles. The van der Waals surface area contributed by atoms with Crippen LogP contribution >= 0.6 is 0 Å². The van der Waals surface area contributed by atoms with E-state index >= 15 is 0 Å². The third-order valence-corrected chi connectivity index (χ3v) is 3.27. The van der Waals surface area contributed by atoms with Gasteiger partial charge in [-0.25, -0.2) is 0 Å². The monoisotopic (exact) mass is 277 g/mol. The molecule has 0 saturated heterocycles. The van der Waals surface area contributed by atoms with E-state index in [1.165, 1.54) is 0 Å². The van der Waals surface area contributed by atoms with Crippen LogP contribution in [0.4, 0.5) is 5.69 Å². The Bertz CT molecular complexity index is 414. The third kappa shape index (κ3) is 5.21. The Labute approximate surface area is 122 Å². The predicted octanol–water partition coefficient (Wildman–Crippen LogP) is 2.12. The zero-order valence-electron chi connectivity index (χ0n) is 13.2. The van der Waals surface area contributed by atoms with Crippen molar-refractivity contribution >= 4 is 11.6 Å². The second kappa shape index (κ2) is 7.90. The number of hydrogen-bond donors (Lipinski definition) is 2. The van der Waals surface area contributed by atoms with Crippen molar-refractivity contribution < 1.29 is 4.79 Å². The van der Waals surface area contributed by atoms with Gasteiger partial charge in [0.2, 0.25) is 0 Å². The summed E-state index contributed by atoms with van der Waals surface area (Å²) in [6.45, 7) is 8.06. The van der Waals surface area contributed by atoms with Crippen LogP contribution in [0.1, 0.15) is 31.1 Å². The largest absolute Gasteiger partial charge is 0.374 e. The van der Waals surface area contributed by atoms with E-state index in [4.69, 9.17) is 0 Å². The molecule has 1 aromatic rings. The van der Waals surface area contributed by atoms with Gasteiger partial charge in [-0.3, -0.25) is 4.79 Å². The van der Waals surface area contributed by atoms with Crippen LogP contribution in [0.15, 0.2) is 24.3 Å². The molecule has 1 rings (SSSR count). The lowest BCUT2D eigenvalue weighted by atomic mass is 10.1. The summed E-state index contributed by atoms with van der Waals surface area (Å²) < 4.78 is 0. The molecule has 1 unspecified atom stereocenters. The minimum absolute atomic E-state index is 0.0230. The van der Waals surface area contributed by atoms with Crippen LogP contribution in [0.25, 0.3) is 0 Å². The molecule has 0 aliphatic heterocycles. The number of anilines is 1. The first-order valence-electron chi connectivity index (χ1n) is 7.20. The maximum Gasteiger partial charge on any atom is 0.251 e. The molecular weight excluding hydrogens is 250 g/mol. The van der Waals surface area contributed by atoms with Crippen LogP contribution in [0.2, 0.25) is 0 Å². The number of amides is 1. The fourth-order valence-electron chi connectivity index (χ4n) is 1.97. The fourth-order valence-corrected chi connectivity index (χ4v) is 1.97. The first-order valence-corrected chi connectivity index (χ1v) is 7.20. The van der Waals surface area contributed by atoms with Crippen molar-refractivity contribution in [3.05, 3.63) is 29.8 Å². The molecule has 1 aromatic carbocycles. The van der Waals surface area contributed by atoms with Crippen molar-refractivity contribution in [3.8, 4) is 0 Å². The molecule has 0 fully saturated rings. The molecule has 0 aromatic heterocycles. The second-order valence-corrected chi connectivity index (χ2v) is 5.72. The highest BCUT2D eigenvalue weighted by Crippen LogP contribution is 2.15. The standard InChI is InChI=1S/C16H27N3O/c1-12(2)11-19(5)15-8-6-14(7-9-15)16(20)18-10-13(3)17-4/h6-9,12-13,17H,10-11H2,1-5H3,(H,18,20). The quantitative estimate of drug-likeness (QED) is 0.802. The van der Waals surface area contributed by atoms with Gasteiger partial charge in [-0.05, 0) is 44.2 Å². The van der Waals surface area contributed by atoms with Gasteiger partial charge in [-0.2, -0.15) is 0 Å². The van der Waals surface area contributed by atoms with E-state index < -0.39 is 0 Å². The van der Waals surface area contributed by atoms with E-state index in [-0.39, 0.29) is 11.9 Å². The predicted molar refractivity (Wildman–Crippen MR) is 85.4 cm³/mol. The van der Waals surface area contributed by atoms with Crippen molar-refractivity contribution in [1.29, 1.82) is 0 Å². The van der Waals surface area contributed by atoms with Gasteiger partial charge in [0.05, 0.1) is 0 Å². The molecule has 4 heteroatoms. The van der Waals surface area contributed by atoms with E-state index in [2.05, 4.69) is 36.4 Å². The number of nitrogens with zero attached hydrogens (tertiary/aromatic N) is 1. The summed E-state index contributed by atoms with van der Waals surface area (Å²) in [5, 5.41) is 6.01. The van der Waals surface area contributed by atoms with E-state index in [9.17, 15) is 4.79 Å². The Morgan fingerprint density at radius 1 is 1.20 bits per heavy atom.